The van der Waals surface area contributed by atoms with Crippen LogP contribution in [-0.2, 0) is 0 Å². The molecule has 0 aromatic rings. The summed E-state index contributed by atoms with van der Waals surface area (Å²) in [5, 5.41) is 0. The van der Waals surface area contributed by atoms with Crippen LogP contribution in [0.5, 0.6) is 0 Å². The number of rotatable bonds is 0. The minimum Gasteiger partial charge on any atom is -0.328 e. The summed E-state index contributed by atoms with van der Waals surface area (Å²) in [6, 6.07) is 0. The van der Waals surface area contributed by atoms with E-state index in [4.69, 9.17) is 14.7 Å². The maximum absolute atomic E-state index is 7.23. The van der Waals surface area contributed by atoms with Gasteiger partial charge in [-0.25, -0.2) is 0 Å². The summed E-state index contributed by atoms with van der Waals surface area (Å²) in [6.45, 7) is 0. The fourth-order valence-electron chi connectivity index (χ4n) is 0. The zero-order valence-electron chi connectivity index (χ0n) is 2.50. The van der Waals surface area contributed by atoms with Gasteiger partial charge in [0.2, 0.25) is 0 Å². The molecular weight excluding hydrogens is 119 g/mol. The first-order chi connectivity index (χ1) is 1.73. The van der Waals surface area contributed by atoms with Crippen LogP contribution in [0, 0.1) is 0 Å². The van der Waals surface area contributed by atoms with Crippen LogP contribution in [0.4, 0.5) is 0 Å². The van der Waals surface area contributed by atoms with E-state index in [-0.39, 0.29) is 37.7 Å². The molecule has 0 aliphatic rings. The van der Waals surface area contributed by atoms with Crippen molar-refractivity contribution in [1.29, 1.82) is 0 Å². The van der Waals surface area contributed by atoms with Crippen LogP contribution < -0.4 is 0 Å². The standard InChI is InChI=1S/Ca.H3O3P/c;1-4(2)3/h;1-3H. The largest absolute Gasteiger partial charge is 0.328 e. The molecule has 2 radical (unpaired) electrons. The maximum Gasteiger partial charge on any atom is 0.324 e. The molecule has 0 aliphatic heterocycles. The van der Waals surface area contributed by atoms with Crippen molar-refractivity contribution in [2.24, 2.45) is 0 Å². The quantitative estimate of drug-likeness (QED) is 0.279. The number of hydrogen-bond acceptors (Lipinski definition) is 3. The van der Waals surface area contributed by atoms with E-state index in [2.05, 4.69) is 0 Å². The molecule has 0 aromatic carbocycles. The van der Waals surface area contributed by atoms with Crippen molar-refractivity contribution >= 4 is 46.3 Å². The van der Waals surface area contributed by atoms with Crippen molar-refractivity contribution in [3.05, 3.63) is 0 Å². The van der Waals surface area contributed by atoms with Gasteiger partial charge >= 0.3 is 8.60 Å². The van der Waals surface area contributed by atoms with E-state index in [0.29, 0.717) is 0 Å². The van der Waals surface area contributed by atoms with Crippen LogP contribution in [0.1, 0.15) is 0 Å². The summed E-state index contributed by atoms with van der Waals surface area (Å²) in [5.41, 5.74) is 0. The van der Waals surface area contributed by atoms with Crippen molar-refractivity contribution in [2.75, 3.05) is 0 Å². The second kappa shape index (κ2) is 5.57. The summed E-state index contributed by atoms with van der Waals surface area (Å²) in [5.74, 6) is 0. The SMILES string of the molecule is OP(O)O.[Ca]. The van der Waals surface area contributed by atoms with Gasteiger partial charge < -0.3 is 14.7 Å². The van der Waals surface area contributed by atoms with Crippen LogP contribution in [0.25, 0.3) is 0 Å². The predicted molar refractivity (Wildman–Crippen MR) is 19.3 cm³/mol. The predicted octanol–water partition coefficient (Wildman–Crippen LogP) is -1.19. The molecule has 0 atom stereocenters. The Morgan fingerprint density at radius 3 is 1.00 bits per heavy atom. The van der Waals surface area contributed by atoms with Gasteiger partial charge in [0.05, 0.1) is 0 Å². The molecular formula is H3CaO3P. The van der Waals surface area contributed by atoms with E-state index in [9.17, 15) is 0 Å². The normalized spacial score (nSPS) is 7.20. The Kier molecular flexibility index (Phi) is 10.9. The van der Waals surface area contributed by atoms with Crippen molar-refractivity contribution in [3.63, 3.8) is 0 Å². The van der Waals surface area contributed by atoms with E-state index >= 15 is 0 Å². The third kappa shape index (κ3) is 28.8. The van der Waals surface area contributed by atoms with Gasteiger partial charge in [-0.15, -0.1) is 0 Å². The minimum atomic E-state index is -2.62. The van der Waals surface area contributed by atoms with E-state index in [1.165, 1.54) is 0 Å². The molecule has 0 saturated heterocycles. The maximum atomic E-state index is 7.23. The summed E-state index contributed by atoms with van der Waals surface area (Å²) in [6.07, 6.45) is 0. The zero-order chi connectivity index (χ0) is 3.58. The Morgan fingerprint density at radius 1 is 1.00 bits per heavy atom. The van der Waals surface area contributed by atoms with Gasteiger partial charge in [-0.2, -0.15) is 0 Å². The second-order valence-corrected chi connectivity index (χ2v) is 0.805. The smallest absolute Gasteiger partial charge is 0.324 e. The molecule has 5 heteroatoms. The van der Waals surface area contributed by atoms with Gasteiger partial charge in [0.25, 0.3) is 0 Å². The van der Waals surface area contributed by atoms with Gasteiger partial charge in [0.1, 0.15) is 0 Å². The molecule has 0 fully saturated rings. The molecule has 3 nitrogen and oxygen atoms in total. The monoisotopic (exact) mass is 122 g/mol. The first kappa shape index (κ1) is 9.76. The fourth-order valence-corrected chi connectivity index (χ4v) is 0. The van der Waals surface area contributed by atoms with E-state index in [0.717, 1.165) is 0 Å². The summed E-state index contributed by atoms with van der Waals surface area (Å²) in [7, 11) is -2.62. The molecule has 0 aromatic heterocycles. The minimum absolute atomic E-state index is 0. The molecule has 0 aliphatic carbocycles. The molecule has 0 bridgehead atoms. The third-order valence-corrected chi connectivity index (χ3v) is 0. The van der Waals surface area contributed by atoms with Gasteiger partial charge in [-0.05, 0) is 0 Å². The summed E-state index contributed by atoms with van der Waals surface area (Å²) >= 11 is 0. The van der Waals surface area contributed by atoms with Crippen molar-refractivity contribution in [1.82, 2.24) is 0 Å². The molecule has 0 spiro atoms. The van der Waals surface area contributed by atoms with E-state index in [1.807, 2.05) is 0 Å². The molecule has 0 heterocycles. The molecule has 0 saturated carbocycles. The van der Waals surface area contributed by atoms with Crippen LogP contribution >= 0.6 is 8.60 Å². The summed E-state index contributed by atoms with van der Waals surface area (Å²) < 4.78 is 0. The topological polar surface area (TPSA) is 60.7 Å². The van der Waals surface area contributed by atoms with Gasteiger partial charge in [0.15, 0.2) is 0 Å². The average Bonchev–Trinajstić information content (AvgIpc) is 0.811. The molecule has 5 heavy (non-hydrogen) atoms. The Hall–Kier alpha value is 1.57. The van der Waals surface area contributed by atoms with E-state index in [1.54, 1.807) is 0 Å². The summed E-state index contributed by atoms with van der Waals surface area (Å²) in [4.78, 5) is 21.7. The Morgan fingerprint density at radius 2 is 1.00 bits per heavy atom. The van der Waals surface area contributed by atoms with Crippen LogP contribution in [0.15, 0.2) is 0 Å². The Bertz CT molecular complexity index is 11.6. The van der Waals surface area contributed by atoms with Crippen molar-refractivity contribution < 1.29 is 14.7 Å². The van der Waals surface area contributed by atoms with Crippen LogP contribution in [0.2, 0.25) is 0 Å². The first-order valence-electron chi connectivity index (χ1n) is 0.600. The van der Waals surface area contributed by atoms with E-state index < -0.39 is 8.60 Å². The second-order valence-electron chi connectivity index (χ2n) is 0.268. The number of hydrogen-bond donors (Lipinski definition) is 3. The fraction of sp³-hybridized carbons (Fsp3) is 0. The third-order valence-electron chi connectivity index (χ3n) is 0. The Balaban J connectivity index is 0. The molecule has 3 N–H and O–H groups in total. The van der Waals surface area contributed by atoms with Gasteiger partial charge in [-0.3, -0.25) is 0 Å². The van der Waals surface area contributed by atoms with Gasteiger partial charge in [0, 0.05) is 37.7 Å². The molecule has 0 rings (SSSR count). The van der Waals surface area contributed by atoms with Gasteiger partial charge in [-0.1, -0.05) is 0 Å². The van der Waals surface area contributed by atoms with Crippen LogP contribution in [-0.4, -0.2) is 52.4 Å². The molecule has 28 valence electrons. The Labute approximate surface area is 60.6 Å². The average molecular weight is 122 g/mol. The molecule has 0 unspecified atom stereocenters. The molecule has 0 amide bonds. The first-order valence-corrected chi connectivity index (χ1v) is 1.80. The van der Waals surface area contributed by atoms with Crippen molar-refractivity contribution in [3.8, 4) is 0 Å². The zero-order valence-corrected chi connectivity index (χ0v) is 5.60. The van der Waals surface area contributed by atoms with Crippen molar-refractivity contribution in [2.45, 2.75) is 0 Å². The van der Waals surface area contributed by atoms with Crippen LogP contribution in [0.3, 0.4) is 0 Å².